The first-order chi connectivity index (χ1) is 11.5. The van der Waals surface area contributed by atoms with Crippen LogP contribution in [0.2, 0.25) is 0 Å². The molecular weight excluding hydrogens is 320 g/mol. The Kier molecular flexibility index (Phi) is 4.53. The fourth-order valence-corrected chi connectivity index (χ4v) is 5.11. The predicted molar refractivity (Wildman–Crippen MR) is 98.2 cm³/mol. The lowest BCUT2D eigenvalue weighted by molar-refractivity contribution is -0.136. The third-order valence-electron chi connectivity index (χ3n) is 3.77. The second-order valence-electron chi connectivity index (χ2n) is 5.53. The molecule has 0 aliphatic carbocycles. The number of carbonyl (C=O) groups excluding carboxylic acids is 1. The van der Waals surface area contributed by atoms with Crippen molar-refractivity contribution in [2.24, 2.45) is 8.73 Å². The Morgan fingerprint density at radius 3 is 2.50 bits per heavy atom. The molecule has 0 spiro atoms. The van der Waals surface area contributed by atoms with Gasteiger partial charge in [0, 0.05) is 16.7 Å². The highest BCUT2D eigenvalue weighted by atomic mass is 32.2. The second kappa shape index (κ2) is 6.61. The third-order valence-corrected chi connectivity index (χ3v) is 6.15. The molecule has 1 heterocycles. The van der Waals surface area contributed by atoms with Crippen molar-refractivity contribution < 1.29 is 9.53 Å². The largest absolute Gasteiger partial charge is 0.462 e. The topological polar surface area (TPSA) is 51.0 Å². The Balaban J connectivity index is 2.29. The van der Waals surface area contributed by atoms with Gasteiger partial charge in [-0.2, -0.15) is 0 Å². The van der Waals surface area contributed by atoms with E-state index in [9.17, 15) is 4.79 Å². The van der Waals surface area contributed by atoms with Crippen LogP contribution in [-0.2, 0) is 19.2 Å². The molecule has 0 fully saturated rings. The number of rotatable bonds is 3. The molecular formula is C19H20N2O2S. The highest BCUT2D eigenvalue weighted by Crippen LogP contribution is 2.36. The maximum Gasteiger partial charge on any atom is 0.340 e. The summed E-state index contributed by atoms with van der Waals surface area (Å²) >= 11 is 0. The van der Waals surface area contributed by atoms with Gasteiger partial charge >= 0.3 is 5.97 Å². The fourth-order valence-electron chi connectivity index (χ4n) is 2.79. The van der Waals surface area contributed by atoms with Crippen LogP contribution < -0.4 is 0 Å². The molecule has 2 aromatic carbocycles. The van der Waals surface area contributed by atoms with E-state index in [0.717, 1.165) is 16.1 Å². The van der Waals surface area contributed by atoms with Gasteiger partial charge in [-0.05, 0) is 41.7 Å². The molecule has 3 rings (SSSR count). The molecule has 1 aliphatic heterocycles. The summed E-state index contributed by atoms with van der Waals surface area (Å²) < 4.78 is 15.0. The van der Waals surface area contributed by atoms with E-state index in [1.807, 2.05) is 67.8 Å². The maximum absolute atomic E-state index is 12.4. The molecule has 0 radical (unpaired) electrons. The number of carbonyl (C=O) groups is 1. The van der Waals surface area contributed by atoms with Crippen LogP contribution in [0.3, 0.4) is 0 Å². The van der Waals surface area contributed by atoms with E-state index in [4.69, 9.17) is 13.5 Å². The number of fused-ring (bicyclic) bond motifs is 1. The molecule has 1 unspecified atom stereocenters. The van der Waals surface area contributed by atoms with Crippen molar-refractivity contribution in [2.45, 2.75) is 18.7 Å². The van der Waals surface area contributed by atoms with Crippen molar-refractivity contribution in [3.8, 4) is 0 Å². The van der Waals surface area contributed by atoms with E-state index in [1.165, 1.54) is 0 Å². The Labute approximate surface area is 143 Å². The molecule has 1 atom stereocenters. The Morgan fingerprint density at radius 1 is 1.12 bits per heavy atom. The van der Waals surface area contributed by atoms with Gasteiger partial charge in [0.15, 0.2) is 0 Å². The van der Waals surface area contributed by atoms with E-state index < -0.39 is 9.62 Å². The minimum atomic E-state index is -1.80. The van der Waals surface area contributed by atoms with Crippen LogP contribution >= 0.6 is 0 Å². The average Bonchev–Trinajstić information content (AvgIpc) is 2.56. The number of esters is 1. The lowest BCUT2D eigenvalue weighted by atomic mass is 10.0. The van der Waals surface area contributed by atoms with E-state index in [0.29, 0.717) is 17.9 Å². The Hall–Kier alpha value is -2.40. The smallest absolute Gasteiger partial charge is 0.340 e. The lowest BCUT2D eigenvalue weighted by Crippen LogP contribution is -2.15. The summed E-state index contributed by atoms with van der Waals surface area (Å²) in [6.07, 6.45) is 2.05. The molecule has 4 nitrogen and oxygen atoms in total. The molecule has 124 valence electrons. The minimum absolute atomic E-state index is 0.327. The van der Waals surface area contributed by atoms with E-state index in [2.05, 4.69) is 0 Å². The molecule has 0 saturated carbocycles. The highest BCUT2D eigenvalue weighted by Gasteiger charge is 2.26. The summed E-state index contributed by atoms with van der Waals surface area (Å²) in [5, 5.41) is 0. The van der Waals surface area contributed by atoms with Crippen molar-refractivity contribution in [1.29, 1.82) is 0 Å². The molecule has 0 bridgehead atoms. The van der Waals surface area contributed by atoms with Crippen LogP contribution in [0.1, 0.15) is 19.4 Å². The molecule has 24 heavy (non-hydrogen) atoms. The number of nitrogens with zero attached hydrogens (tertiary/aromatic N) is 2. The summed E-state index contributed by atoms with van der Waals surface area (Å²) in [6.45, 7) is 4.00. The number of hydrogen-bond donors (Lipinski definition) is 0. The zero-order valence-corrected chi connectivity index (χ0v) is 14.8. The van der Waals surface area contributed by atoms with Gasteiger partial charge in [-0.3, -0.25) is 0 Å². The predicted octanol–water partition coefficient (Wildman–Crippen LogP) is 4.84. The summed E-state index contributed by atoms with van der Waals surface area (Å²) in [5.74, 6) is -0.327. The zero-order chi connectivity index (χ0) is 17.2. The molecule has 0 N–H and O–H groups in total. The van der Waals surface area contributed by atoms with Crippen LogP contribution in [0.5, 0.6) is 0 Å². The van der Waals surface area contributed by atoms with Gasteiger partial charge in [-0.25, -0.2) is 13.5 Å². The van der Waals surface area contributed by atoms with Gasteiger partial charge in [0.25, 0.3) is 0 Å². The molecule has 1 aliphatic rings. The van der Waals surface area contributed by atoms with Crippen molar-refractivity contribution >= 4 is 26.9 Å². The van der Waals surface area contributed by atoms with Crippen LogP contribution in [0, 0.1) is 0 Å². The van der Waals surface area contributed by atoms with Gasteiger partial charge in [0.2, 0.25) is 0 Å². The third kappa shape index (κ3) is 2.99. The first-order valence-electron chi connectivity index (χ1n) is 7.82. The molecule has 2 aromatic rings. The number of ether oxygens (including phenoxy) is 1. The quantitative estimate of drug-likeness (QED) is 0.751. The van der Waals surface area contributed by atoms with Gasteiger partial charge in [0.05, 0.1) is 23.6 Å². The SMILES string of the molecule is CCOC(=O)C1=C(C)N=S(C)(=Nc2ccccc2)c2ccccc21. The second-order valence-corrected chi connectivity index (χ2v) is 8.00. The lowest BCUT2D eigenvalue weighted by Gasteiger charge is -2.23. The number of benzene rings is 2. The molecule has 0 saturated heterocycles. The number of allylic oxidation sites excluding steroid dienone is 1. The molecule has 5 heteroatoms. The summed E-state index contributed by atoms with van der Waals surface area (Å²) in [4.78, 5) is 13.4. The first kappa shape index (κ1) is 16.5. The van der Waals surface area contributed by atoms with Gasteiger partial charge < -0.3 is 4.74 Å². The van der Waals surface area contributed by atoms with E-state index >= 15 is 0 Å². The minimum Gasteiger partial charge on any atom is -0.462 e. The van der Waals surface area contributed by atoms with Crippen LogP contribution in [0.4, 0.5) is 5.69 Å². The Bertz CT molecular complexity index is 937. The van der Waals surface area contributed by atoms with Crippen LogP contribution in [0.15, 0.2) is 73.9 Å². The maximum atomic E-state index is 12.4. The van der Waals surface area contributed by atoms with Crippen molar-refractivity contribution in [1.82, 2.24) is 0 Å². The molecule has 0 aromatic heterocycles. The molecule has 0 amide bonds. The van der Waals surface area contributed by atoms with E-state index in [1.54, 1.807) is 6.92 Å². The van der Waals surface area contributed by atoms with Crippen molar-refractivity contribution in [3.63, 3.8) is 0 Å². The van der Waals surface area contributed by atoms with Gasteiger partial charge in [-0.15, -0.1) is 0 Å². The van der Waals surface area contributed by atoms with Crippen LogP contribution in [-0.4, -0.2) is 18.8 Å². The normalized spacial score (nSPS) is 19.3. The summed E-state index contributed by atoms with van der Waals surface area (Å²) in [7, 11) is -1.80. The first-order valence-corrected chi connectivity index (χ1v) is 9.77. The summed E-state index contributed by atoms with van der Waals surface area (Å²) in [5.41, 5.74) is 2.99. The van der Waals surface area contributed by atoms with Crippen molar-refractivity contribution in [3.05, 3.63) is 65.9 Å². The monoisotopic (exact) mass is 340 g/mol. The highest BCUT2D eigenvalue weighted by molar-refractivity contribution is 7.95. The average molecular weight is 340 g/mol. The summed E-state index contributed by atoms with van der Waals surface area (Å²) in [6, 6.07) is 17.7. The van der Waals surface area contributed by atoms with Gasteiger partial charge in [-0.1, -0.05) is 36.4 Å². The zero-order valence-electron chi connectivity index (χ0n) is 14.0. The fraction of sp³-hybridized carbons (Fsp3) is 0.211. The van der Waals surface area contributed by atoms with E-state index in [-0.39, 0.29) is 5.97 Å². The van der Waals surface area contributed by atoms with Gasteiger partial charge in [0.1, 0.15) is 0 Å². The van der Waals surface area contributed by atoms with Crippen LogP contribution in [0.25, 0.3) is 5.57 Å². The Morgan fingerprint density at radius 2 is 1.79 bits per heavy atom. The standard InChI is InChI=1S/C19H20N2O2S/c1-4-23-19(22)18-14(2)20-24(3,17-13-9-8-12-16(17)18)21-15-10-6-5-7-11-15/h5-13H,4H2,1-3H3. The van der Waals surface area contributed by atoms with Crippen molar-refractivity contribution in [2.75, 3.05) is 12.9 Å². The number of hydrogen-bond acceptors (Lipinski definition) is 4.